The Kier molecular flexibility index (Phi) is 61.3. The van der Waals surface area contributed by atoms with Gasteiger partial charge in [0.1, 0.15) is 0 Å². The normalized spacial score (nSPS) is 4.11. The molecule has 0 heterocycles. The fourth-order valence-corrected chi connectivity index (χ4v) is 0. The third-order valence-electron chi connectivity index (χ3n) is 0. The fourth-order valence-electron chi connectivity index (χ4n) is 0. The van der Waals surface area contributed by atoms with Crippen LogP contribution in [0.1, 0.15) is 6.92 Å². The molecule has 0 unspecified atom stereocenters. The number of aliphatic carboxylic acids is 1. The number of hydrogen-bond acceptors (Lipinski definition) is 4. The van der Waals surface area contributed by atoms with E-state index in [1.54, 1.807) is 0 Å². The van der Waals surface area contributed by atoms with Gasteiger partial charge >= 0.3 is 39.0 Å². The minimum atomic E-state index is -1.08. The Balaban J connectivity index is -0.0000000233. The van der Waals surface area contributed by atoms with Crippen molar-refractivity contribution < 1.29 is 58.8 Å². The summed E-state index contributed by atoms with van der Waals surface area (Å²) < 4.78 is 0. The van der Waals surface area contributed by atoms with Crippen LogP contribution in [0.3, 0.4) is 0 Å². The van der Waals surface area contributed by atoms with Crippen molar-refractivity contribution in [3.05, 3.63) is 0 Å². The van der Waals surface area contributed by atoms with Gasteiger partial charge in [0.25, 0.3) is 0 Å². The number of carbonyl (C=O) groups excluding carboxylic acids is 2. The molecule has 0 radical (unpaired) electrons. The third kappa shape index (κ3) is 8980. The predicted molar refractivity (Wildman–Crippen MR) is 16.7 cm³/mol. The standard InChI is InChI=1S/C2H4O2.CH2O2.2Zn/c1-2(3)4;2-1-3;;/h1H3,(H,3,4);1H,(H,2,3);;/q;;2*+2/p-2. The van der Waals surface area contributed by atoms with Crippen LogP contribution in [0.25, 0.3) is 0 Å². The molecule has 0 atom stereocenters. The number of rotatable bonds is 0. The maximum absolute atomic E-state index is 8.89. The van der Waals surface area contributed by atoms with Gasteiger partial charge in [0.2, 0.25) is 0 Å². The average Bonchev–Trinajstić information content (AvgIpc) is 1.33. The molecular weight excluding hydrogens is 231 g/mol. The van der Waals surface area contributed by atoms with E-state index in [2.05, 4.69) is 0 Å². The summed E-state index contributed by atoms with van der Waals surface area (Å²) >= 11 is 0. The van der Waals surface area contributed by atoms with Gasteiger partial charge in [-0.15, -0.1) is 0 Å². The van der Waals surface area contributed by atoms with Gasteiger partial charge in [-0.1, -0.05) is 0 Å². The summed E-state index contributed by atoms with van der Waals surface area (Å²) in [5.74, 6) is -1.08. The van der Waals surface area contributed by atoms with Gasteiger partial charge in [0.05, 0.1) is 0 Å². The summed E-state index contributed by atoms with van der Waals surface area (Å²) in [5, 5.41) is 17.1. The van der Waals surface area contributed by atoms with E-state index in [4.69, 9.17) is 19.8 Å². The van der Waals surface area contributed by atoms with E-state index < -0.39 is 12.4 Å². The SMILES string of the molecule is CC(=O)[O-].O=C[O-].[Zn+2].[Zn+2]. The van der Waals surface area contributed by atoms with Crippen LogP contribution >= 0.6 is 0 Å². The van der Waals surface area contributed by atoms with Gasteiger partial charge in [-0.3, -0.25) is 0 Å². The van der Waals surface area contributed by atoms with E-state index in [0.29, 0.717) is 0 Å². The van der Waals surface area contributed by atoms with E-state index >= 15 is 0 Å². The first kappa shape index (κ1) is 22.9. The summed E-state index contributed by atoms with van der Waals surface area (Å²) in [6.45, 7) is 0.472. The summed E-state index contributed by atoms with van der Waals surface area (Å²) in [4.78, 5) is 17.1. The molecule has 0 aromatic rings. The largest absolute Gasteiger partial charge is 2.00 e. The van der Waals surface area contributed by atoms with E-state index in [9.17, 15) is 0 Å². The molecule has 0 aromatic heterocycles. The molecule has 0 spiro atoms. The maximum atomic E-state index is 8.89. The molecule has 0 aliphatic carbocycles. The molecule has 0 N–H and O–H groups in total. The Morgan fingerprint density at radius 3 is 1.44 bits per heavy atom. The smallest absolute Gasteiger partial charge is 0.554 e. The Morgan fingerprint density at radius 1 is 1.44 bits per heavy atom. The molecule has 9 heavy (non-hydrogen) atoms. The van der Waals surface area contributed by atoms with Gasteiger partial charge in [-0.2, -0.15) is 0 Å². The van der Waals surface area contributed by atoms with Crippen molar-refractivity contribution in [2.24, 2.45) is 0 Å². The minimum Gasteiger partial charge on any atom is -0.554 e. The van der Waals surface area contributed by atoms with Crippen LogP contribution in [0, 0.1) is 0 Å². The molecule has 0 aliphatic heterocycles. The zero-order valence-corrected chi connectivity index (χ0v) is 11.1. The predicted octanol–water partition coefficient (Wildman–Crippen LogP) is -2.88. The van der Waals surface area contributed by atoms with Crippen LogP contribution in [0.2, 0.25) is 0 Å². The van der Waals surface area contributed by atoms with Crippen molar-refractivity contribution in [1.82, 2.24) is 0 Å². The van der Waals surface area contributed by atoms with Crippen molar-refractivity contribution in [2.75, 3.05) is 0 Å². The Bertz CT molecular complexity index is 60.8. The van der Waals surface area contributed by atoms with Crippen molar-refractivity contribution in [1.29, 1.82) is 0 Å². The topological polar surface area (TPSA) is 80.3 Å². The third-order valence-corrected chi connectivity index (χ3v) is 0. The van der Waals surface area contributed by atoms with E-state index in [0.717, 1.165) is 6.92 Å². The van der Waals surface area contributed by atoms with Gasteiger partial charge in [0, 0.05) is 12.4 Å². The first-order valence-corrected chi connectivity index (χ1v) is 1.38. The molecule has 0 fully saturated rings. The molecule has 0 aliphatic rings. The van der Waals surface area contributed by atoms with Gasteiger partial charge in [0.15, 0.2) is 0 Å². The van der Waals surface area contributed by atoms with Crippen LogP contribution in [0.5, 0.6) is 0 Å². The second-order valence-electron chi connectivity index (χ2n) is 0.588. The molecule has 42 valence electrons. The average molecular weight is 235 g/mol. The van der Waals surface area contributed by atoms with Crippen LogP contribution < -0.4 is 10.2 Å². The second-order valence-corrected chi connectivity index (χ2v) is 0.588. The van der Waals surface area contributed by atoms with Gasteiger partial charge < -0.3 is 19.8 Å². The van der Waals surface area contributed by atoms with Crippen LogP contribution in [-0.4, -0.2) is 12.4 Å². The fraction of sp³-hybridized carbons (Fsp3) is 0.333. The van der Waals surface area contributed by atoms with Crippen LogP contribution in [0.4, 0.5) is 0 Å². The van der Waals surface area contributed by atoms with Crippen LogP contribution in [-0.2, 0) is 48.5 Å². The number of carboxylic acids is 1. The summed E-state index contributed by atoms with van der Waals surface area (Å²) in [7, 11) is 0. The molecule has 0 saturated heterocycles. The van der Waals surface area contributed by atoms with Gasteiger partial charge in [-0.25, -0.2) is 0 Å². The summed E-state index contributed by atoms with van der Waals surface area (Å²) in [6, 6.07) is 0. The Labute approximate surface area is 78.2 Å². The van der Waals surface area contributed by atoms with Crippen molar-refractivity contribution in [2.45, 2.75) is 6.92 Å². The van der Waals surface area contributed by atoms with E-state index in [1.165, 1.54) is 0 Å². The number of carbonyl (C=O) groups is 2. The zero-order valence-electron chi connectivity index (χ0n) is 5.12. The second kappa shape index (κ2) is 24.1. The molecule has 0 rings (SSSR count). The molecule has 6 heteroatoms. The first-order valence-electron chi connectivity index (χ1n) is 1.38. The molecule has 4 nitrogen and oxygen atoms in total. The molecule has 0 bridgehead atoms. The van der Waals surface area contributed by atoms with Crippen LogP contribution in [0.15, 0.2) is 0 Å². The zero-order chi connectivity index (χ0) is 6.28. The molecule has 0 saturated carbocycles. The monoisotopic (exact) mass is 232 g/mol. The summed E-state index contributed by atoms with van der Waals surface area (Å²) in [5.41, 5.74) is 0. The van der Waals surface area contributed by atoms with Crippen molar-refractivity contribution in [3.8, 4) is 0 Å². The van der Waals surface area contributed by atoms with E-state index in [1.807, 2.05) is 0 Å². The Hall–Kier alpha value is 0.187. The van der Waals surface area contributed by atoms with Crippen molar-refractivity contribution in [3.63, 3.8) is 0 Å². The van der Waals surface area contributed by atoms with Crippen molar-refractivity contribution >= 4 is 12.4 Å². The number of hydrogen-bond donors (Lipinski definition) is 0. The number of carboxylic acid groups (broad SMARTS) is 2. The molecule has 0 amide bonds. The van der Waals surface area contributed by atoms with E-state index in [-0.39, 0.29) is 39.0 Å². The Morgan fingerprint density at radius 2 is 1.44 bits per heavy atom. The molecule has 0 aromatic carbocycles. The van der Waals surface area contributed by atoms with Gasteiger partial charge in [-0.05, 0) is 6.92 Å². The maximum Gasteiger partial charge on any atom is 2.00 e. The minimum absolute atomic E-state index is 0. The quantitative estimate of drug-likeness (QED) is 0.333. The first-order chi connectivity index (χ1) is 3.15. The molecular formula is C3H4O4Zn2+2. The summed E-state index contributed by atoms with van der Waals surface area (Å²) in [6.07, 6.45) is 0.